The molecule has 3 nitrogen and oxygen atoms in total. The molecule has 6 heteroatoms. The molecule has 2 N–H and O–H groups in total. The molecule has 1 aromatic heterocycles. The van der Waals surface area contributed by atoms with Crippen molar-refractivity contribution in [2.75, 3.05) is 11.1 Å². The maximum Gasteiger partial charge on any atom is 0.139 e. The topological polar surface area (TPSA) is 45.1 Å². The number of halogens is 1. The highest BCUT2D eigenvalue weighted by atomic mass is 35.5. The summed E-state index contributed by atoms with van der Waals surface area (Å²) in [6.07, 6.45) is 1.74. The van der Waals surface area contributed by atoms with Crippen molar-refractivity contribution < 1.29 is 5.11 Å². The zero-order chi connectivity index (χ0) is 15.9. The maximum atomic E-state index is 10.2. The highest BCUT2D eigenvalue weighted by Crippen LogP contribution is 2.21. The van der Waals surface area contributed by atoms with Crippen LogP contribution in [0.4, 0.5) is 5.82 Å². The van der Waals surface area contributed by atoms with Crippen molar-refractivity contribution in [1.82, 2.24) is 4.98 Å². The summed E-state index contributed by atoms with van der Waals surface area (Å²) in [7, 11) is 0. The van der Waals surface area contributed by atoms with E-state index in [1.165, 1.54) is 11.8 Å². The molecule has 0 saturated heterocycles. The number of pyridine rings is 1. The normalized spacial score (nSPS) is 12.0. The number of rotatable bonds is 5. The predicted octanol–water partition coefficient (Wildman–Crippen LogP) is 4.60. The Morgan fingerprint density at radius 3 is 2.91 bits per heavy atom. The summed E-state index contributed by atoms with van der Waals surface area (Å²) < 4.78 is 0.631. The fourth-order valence-corrected chi connectivity index (χ4v) is 3.07. The van der Waals surface area contributed by atoms with Crippen molar-refractivity contribution in [3.05, 3.63) is 58.7 Å². The average molecular weight is 353 g/mol. The number of aliphatic hydroxyl groups excluding tert-OH is 1. The van der Waals surface area contributed by atoms with Crippen LogP contribution in [0.5, 0.6) is 0 Å². The second kappa shape index (κ2) is 8.48. The molecule has 1 aromatic carbocycles. The first-order chi connectivity index (χ1) is 10.5. The summed E-state index contributed by atoms with van der Waals surface area (Å²) in [5, 5.41) is 13.8. The first kappa shape index (κ1) is 17.2. The second-order valence-electron chi connectivity index (χ2n) is 4.84. The first-order valence-corrected chi connectivity index (χ1v) is 8.62. The molecule has 0 amide bonds. The van der Waals surface area contributed by atoms with Crippen LogP contribution in [-0.2, 0) is 0 Å². The van der Waals surface area contributed by atoms with Crippen molar-refractivity contribution in [3.63, 3.8) is 0 Å². The lowest BCUT2D eigenvalue weighted by molar-refractivity contribution is 0.175. The standard InChI is InChI=1S/C16H17ClN2OS2/c1-11-3-2-4-12(9-11)14(20)7-8-22-16(21)19-15-6-5-13(17)10-18-15/h2-6,9-10,14,20H,7-8H2,1H3,(H,18,19,21). The Hall–Kier alpha value is -1.14. The summed E-state index contributed by atoms with van der Waals surface area (Å²) in [6.45, 7) is 2.02. The third-order valence-electron chi connectivity index (χ3n) is 3.01. The molecule has 116 valence electrons. The van der Waals surface area contributed by atoms with E-state index in [9.17, 15) is 5.11 Å². The smallest absolute Gasteiger partial charge is 0.139 e. The van der Waals surface area contributed by atoms with Gasteiger partial charge in [0.1, 0.15) is 10.1 Å². The lowest BCUT2D eigenvalue weighted by Gasteiger charge is -2.12. The molecule has 0 bridgehead atoms. The molecule has 0 aliphatic heterocycles. The largest absolute Gasteiger partial charge is 0.388 e. The van der Waals surface area contributed by atoms with E-state index < -0.39 is 6.10 Å². The number of nitrogens with one attached hydrogen (secondary N) is 1. The molecule has 0 aliphatic carbocycles. The second-order valence-corrected chi connectivity index (χ2v) is 7.05. The van der Waals surface area contributed by atoms with Crippen LogP contribution in [0.15, 0.2) is 42.6 Å². The zero-order valence-electron chi connectivity index (χ0n) is 12.1. The summed E-state index contributed by atoms with van der Waals surface area (Å²) >= 11 is 12.5. The SMILES string of the molecule is Cc1cccc(C(O)CCSC(=S)Nc2ccc(Cl)cn2)c1. The van der Waals surface area contributed by atoms with Crippen molar-refractivity contribution in [1.29, 1.82) is 0 Å². The van der Waals surface area contributed by atoms with Crippen molar-refractivity contribution in [2.45, 2.75) is 19.4 Å². The number of nitrogens with zero attached hydrogens (tertiary/aromatic N) is 1. The molecule has 2 aromatic rings. The lowest BCUT2D eigenvalue weighted by atomic mass is 10.1. The van der Waals surface area contributed by atoms with Crippen LogP contribution in [0.2, 0.25) is 5.02 Å². The number of hydrogen-bond donors (Lipinski definition) is 2. The molecular weight excluding hydrogens is 336 g/mol. The molecule has 1 heterocycles. The number of benzene rings is 1. The van der Waals surface area contributed by atoms with Gasteiger partial charge in [-0.25, -0.2) is 4.98 Å². The van der Waals surface area contributed by atoms with Crippen molar-refractivity contribution >= 4 is 45.7 Å². The fraction of sp³-hybridized carbons (Fsp3) is 0.250. The summed E-state index contributed by atoms with van der Waals surface area (Å²) in [4.78, 5) is 4.13. The maximum absolute atomic E-state index is 10.2. The van der Waals surface area contributed by atoms with Gasteiger partial charge in [0.2, 0.25) is 0 Å². The van der Waals surface area contributed by atoms with Crippen LogP contribution >= 0.6 is 35.6 Å². The molecule has 1 unspecified atom stereocenters. The Bertz CT molecular complexity index is 634. The fourth-order valence-electron chi connectivity index (χ4n) is 1.90. The van der Waals surface area contributed by atoms with E-state index in [-0.39, 0.29) is 0 Å². The zero-order valence-corrected chi connectivity index (χ0v) is 14.5. The van der Waals surface area contributed by atoms with Gasteiger partial charge in [-0.05, 0) is 31.0 Å². The molecule has 0 spiro atoms. The van der Waals surface area contributed by atoms with Crippen LogP contribution in [0.25, 0.3) is 0 Å². The predicted molar refractivity (Wildman–Crippen MR) is 98.7 cm³/mol. The Balaban J connectivity index is 1.76. The molecule has 1 atom stereocenters. The number of anilines is 1. The van der Waals surface area contributed by atoms with E-state index in [0.29, 0.717) is 21.6 Å². The van der Waals surface area contributed by atoms with E-state index in [4.69, 9.17) is 23.8 Å². The van der Waals surface area contributed by atoms with Gasteiger partial charge >= 0.3 is 0 Å². The van der Waals surface area contributed by atoms with E-state index >= 15 is 0 Å². The minimum Gasteiger partial charge on any atom is -0.388 e. The highest BCUT2D eigenvalue weighted by molar-refractivity contribution is 8.23. The molecule has 2 rings (SSSR count). The Kier molecular flexibility index (Phi) is 6.64. The van der Waals surface area contributed by atoms with Crippen molar-refractivity contribution in [2.24, 2.45) is 0 Å². The van der Waals surface area contributed by atoms with E-state index in [1.54, 1.807) is 18.3 Å². The number of aromatic nitrogens is 1. The van der Waals surface area contributed by atoms with Gasteiger partial charge in [-0.3, -0.25) is 0 Å². The van der Waals surface area contributed by atoms with Gasteiger partial charge in [0.05, 0.1) is 11.1 Å². The third kappa shape index (κ3) is 5.57. The molecule has 22 heavy (non-hydrogen) atoms. The number of thiocarbonyl (C=S) groups is 1. The summed E-state index contributed by atoms with van der Waals surface area (Å²) in [6, 6.07) is 11.4. The molecule has 0 saturated carbocycles. The van der Waals surface area contributed by atoms with E-state index in [1.807, 2.05) is 31.2 Å². The lowest BCUT2D eigenvalue weighted by Crippen LogP contribution is -2.08. The molecule has 0 fully saturated rings. The Morgan fingerprint density at radius 2 is 2.23 bits per heavy atom. The van der Waals surface area contributed by atoms with Gasteiger partial charge < -0.3 is 10.4 Å². The monoisotopic (exact) mass is 352 g/mol. The van der Waals surface area contributed by atoms with Gasteiger partial charge in [0.15, 0.2) is 0 Å². The van der Waals surface area contributed by atoms with Crippen molar-refractivity contribution in [3.8, 4) is 0 Å². The molecular formula is C16H17ClN2OS2. The highest BCUT2D eigenvalue weighted by Gasteiger charge is 2.08. The number of thioether (sulfide) groups is 1. The Morgan fingerprint density at radius 1 is 1.41 bits per heavy atom. The quantitative estimate of drug-likeness (QED) is 0.770. The van der Waals surface area contributed by atoms with Crippen LogP contribution < -0.4 is 5.32 Å². The number of hydrogen-bond acceptors (Lipinski definition) is 4. The number of aliphatic hydroxyl groups is 1. The molecule has 0 aliphatic rings. The van der Waals surface area contributed by atoms with E-state index in [0.717, 1.165) is 16.9 Å². The van der Waals surface area contributed by atoms with E-state index in [2.05, 4.69) is 10.3 Å². The summed E-state index contributed by atoms with van der Waals surface area (Å²) in [5.41, 5.74) is 2.09. The van der Waals surface area contributed by atoms with Crippen LogP contribution in [0, 0.1) is 6.92 Å². The van der Waals surface area contributed by atoms with Gasteiger partial charge in [-0.1, -0.05) is 65.4 Å². The van der Waals surface area contributed by atoms with Crippen LogP contribution in [0.3, 0.4) is 0 Å². The van der Waals surface area contributed by atoms with Crippen LogP contribution in [0.1, 0.15) is 23.7 Å². The average Bonchev–Trinajstić information content (AvgIpc) is 2.49. The van der Waals surface area contributed by atoms with Gasteiger partial charge in [0.25, 0.3) is 0 Å². The minimum absolute atomic E-state index is 0.469. The molecule has 0 radical (unpaired) electrons. The minimum atomic E-state index is -0.469. The van der Waals surface area contributed by atoms with Crippen LogP contribution in [-0.4, -0.2) is 20.2 Å². The Labute approximate surface area is 145 Å². The van der Waals surface area contributed by atoms with Gasteiger partial charge in [-0.2, -0.15) is 0 Å². The third-order valence-corrected chi connectivity index (χ3v) is 4.49. The van der Waals surface area contributed by atoms with Gasteiger partial charge in [-0.15, -0.1) is 0 Å². The summed E-state index contributed by atoms with van der Waals surface area (Å²) in [5.74, 6) is 1.40. The van der Waals surface area contributed by atoms with Gasteiger partial charge in [0, 0.05) is 11.9 Å². The number of aryl methyl sites for hydroxylation is 1. The first-order valence-electron chi connectivity index (χ1n) is 6.84.